The van der Waals surface area contributed by atoms with Crippen LogP contribution >= 0.6 is 0 Å². The molecule has 0 N–H and O–H groups in total. The summed E-state index contributed by atoms with van der Waals surface area (Å²) in [6, 6.07) is 15.3. The molecule has 0 saturated carbocycles. The second-order valence-electron chi connectivity index (χ2n) is 7.26. The SMILES string of the molecule is Fc1cccc2c1-c1c(F)cccc1O[N+]1(O2)Oc2cccc(F)c2-c2c(F)cccc2O1. The minimum atomic E-state index is -1.63. The first-order valence-corrected chi connectivity index (χ1v) is 9.78. The minimum Gasteiger partial charge on any atom is -0.206 e. The minimum absolute atomic E-state index is 0.184. The van der Waals surface area contributed by atoms with Gasteiger partial charge in [-0.15, -0.1) is 0 Å². The zero-order chi connectivity index (χ0) is 22.7. The highest BCUT2D eigenvalue weighted by atomic mass is 19.1. The summed E-state index contributed by atoms with van der Waals surface area (Å²) in [5.41, 5.74) is -0.904. The topological polar surface area (TPSA) is 36.9 Å². The molecule has 5 nitrogen and oxygen atoms in total. The molecule has 9 heteroatoms. The number of halogens is 4. The van der Waals surface area contributed by atoms with Crippen LogP contribution in [0.4, 0.5) is 17.6 Å². The van der Waals surface area contributed by atoms with Gasteiger partial charge in [0.15, 0.2) is 0 Å². The Balaban J connectivity index is 1.64. The monoisotopic (exact) mass is 454 g/mol. The lowest BCUT2D eigenvalue weighted by Gasteiger charge is -2.23. The molecule has 33 heavy (non-hydrogen) atoms. The molecular weight excluding hydrogens is 442 g/mol. The first-order chi connectivity index (χ1) is 16.0. The van der Waals surface area contributed by atoms with Gasteiger partial charge in [-0.25, -0.2) is 17.6 Å². The molecule has 0 bridgehead atoms. The van der Waals surface area contributed by atoms with Gasteiger partial charge >= 0.3 is 5.14 Å². The largest absolute Gasteiger partial charge is 0.428 e. The normalized spacial score (nSPS) is 14.7. The van der Waals surface area contributed by atoms with Crippen molar-refractivity contribution in [1.29, 1.82) is 0 Å². The Morgan fingerprint density at radius 3 is 0.879 bits per heavy atom. The van der Waals surface area contributed by atoms with Crippen LogP contribution in [0.25, 0.3) is 22.3 Å². The predicted molar refractivity (Wildman–Crippen MR) is 106 cm³/mol. The van der Waals surface area contributed by atoms with Crippen LogP contribution in [0.2, 0.25) is 0 Å². The highest BCUT2D eigenvalue weighted by Gasteiger charge is 2.52. The molecule has 0 unspecified atom stereocenters. The molecule has 2 heterocycles. The van der Waals surface area contributed by atoms with Crippen molar-refractivity contribution in [3.8, 4) is 45.3 Å². The number of fused-ring (bicyclic) bond motifs is 6. The first kappa shape index (κ1) is 19.4. The van der Waals surface area contributed by atoms with Crippen LogP contribution < -0.4 is 19.4 Å². The van der Waals surface area contributed by atoms with Crippen molar-refractivity contribution < 1.29 is 42.0 Å². The Bertz CT molecular complexity index is 1220. The van der Waals surface area contributed by atoms with Gasteiger partial charge in [-0.3, -0.25) is 0 Å². The van der Waals surface area contributed by atoms with Crippen LogP contribution in [0, 0.1) is 23.3 Å². The van der Waals surface area contributed by atoms with Gasteiger partial charge < -0.3 is 0 Å². The van der Waals surface area contributed by atoms with Crippen molar-refractivity contribution in [2.45, 2.75) is 0 Å². The van der Waals surface area contributed by atoms with Crippen LogP contribution in [-0.2, 0) is 0 Å². The van der Waals surface area contributed by atoms with E-state index >= 15 is 0 Å². The summed E-state index contributed by atoms with van der Waals surface area (Å²) in [5.74, 6) is -3.86. The van der Waals surface area contributed by atoms with Crippen molar-refractivity contribution in [3.63, 3.8) is 0 Å². The van der Waals surface area contributed by atoms with Crippen molar-refractivity contribution >= 4 is 0 Å². The van der Waals surface area contributed by atoms with Crippen molar-refractivity contribution in [2.75, 3.05) is 0 Å². The molecule has 2 aliphatic heterocycles. The summed E-state index contributed by atoms with van der Waals surface area (Å²) in [4.78, 5) is 23.2. The van der Waals surface area contributed by atoms with Crippen LogP contribution in [-0.4, -0.2) is 5.14 Å². The number of quaternary nitrogens is 1. The summed E-state index contributed by atoms with van der Waals surface area (Å²) in [7, 11) is 0. The fourth-order valence-corrected chi connectivity index (χ4v) is 3.89. The van der Waals surface area contributed by atoms with E-state index in [1.165, 1.54) is 48.5 Å². The number of nitrogens with zero attached hydrogens (tertiary/aromatic N) is 1. The molecule has 0 aliphatic carbocycles. The van der Waals surface area contributed by atoms with Crippen LogP contribution in [0.5, 0.6) is 23.0 Å². The average Bonchev–Trinajstić information content (AvgIpc) is 3.00. The van der Waals surface area contributed by atoms with Gasteiger partial charge in [0.2, 0.25) is 23.0 Å². The number of rotatable bonds is 0. The molecule has 1 spiro atoms. The first-order valence-electron chi connectivity index (χ1n) is 9.78. The lowest BCUT2D eigenvalue weighted by Crippen LogP contribution is -2.58. The molecule has 0 atom stereocenters. The van der Waals surface area contributed by atoms with E-state index in [0.717, 1.165) is 24.3 Å². The van der Waals surface area contributed by atoms with Gasteiger partial charge in [0.05, 0.1) is 22.3 Å². The Hall–Kier alpha value is -4.24. The molecule has 0 fully saturated rings. The molecule has 164 valence electrons. The quantitative estimate of drug-likeness (QED) is 0.231. The van der Waals surface area contributed by atoms with Gasteiger partial charge in [-0.05, 0) is 48.5 Å². The fourth-order valence-electron chi connectivity index (χ4n) is 3.89. The smallest absolute Gasteiger partial charge is 0.206 e. The standard InChI is InChI=1S/C24H12F4NO4/c25-13-5-1-9-17-21(13)22-14(26)6-2-10-18(22)31-29(30-17)32-19-11-3-7-15(27)23(19)24-16(28)8-4-12-20(24)33-29/h1-12H/q+1. The molecule has 0 saturated heterocycles. The van der Waals surface area contributed by atoms with Crippen LogP contribution in [0.3, 0.4) is 0 Å². The van der Waals surface area contributed by atoms with E-state index in [-0.39, 0.29) is 45.3 Å². The van der Waals surface area contributed by atoms with Crippen molar-refractivity contribution in [1.82, 2.24) is 0 Å². The highest BCUT2D eigenvalue weighted by Crippen LogP contribution is 2.49. The Morgan fingerprint density at radius 1 is 0.394 bits per heavy atom. The maximum absolute atomic E-state index is 14.8. The summed E-state index contributed by atoms with van der Waals surface area (Å²) in [5, 5.41) is -1.63. The molecule has 0 aromatic heterocycles. The van der Waals surface area contributed by atoms with Crippen LogP contribution in [0.15, 0.2) is 72.8 Å². The van der Waals surface area contributed by atoms with Gasteiger partial charge in [0.1, 0.15) is 23.3 Å². The zero-order valence-corrected chi connectivity index (χ0v) is 16.5. The molecular formula is C24H12F4NO4+. The van der Waals surface area contributed by atoms with Crippen molar-refractivity contribution in [2.24, 2.45) is 0 Å². The second-order valence-corrected chi connectivity index (χ2v) is 7.26. The maximum Gasteiger partial charge on any atom is 0.428 e. The summed E-state index contributed by atoms with van der Waals surface area (Å²) in [6.07, 6.45) is 0. The third kappa shape index (κ3) is 2.90. The van der Waals surface area contributed by atoms with Crippen molar-refractivity contribution in [3.05, 3.63) is 96.1 Å². The fraction of sp³-hybridized carbons (Fsp3) is 0. The summed E-state index contributed by atoms with van der Waals surface area (Å²) < 4.78 is 59.4. The molecule has 4 aromatic rings. The number of hydrogen-bond acceptors (Lipinski definition) is 4. The van der Waals surface area contributed by atoms with Gasteiger partial charge in [-0.2, -0.15) is 19.4 Å². The van der Waals surface area contributed by atoms with E-state index in [2.05, 4.69) is 0 Å². The lowest BCUT2D eigenvalue weighted by molar-refractivity contribution is -1.41. The molecule has 6 rings (SSSR count). The Labute approximate surface area is 183 Å². The van der Waals surface area contributed by atoms with E-state index in [1.807, 2.05) is 0 Å². The molecule has 4 aromatic carbocycles. The number of hydrogen-bond donors (Lipinski definition) is 0. The van der Waals surface area contributed by atoms with E-state index in [0.29, 0.717) is 0 Å². The van der Waals surface area contributed by atoms with Crippen LogP contribution in [0.1, 0.15) is 0 Å². The maximum atomic E-state index is 14.8. The zero-order valence-electron chi connectivity index (χ0n) is 16.5. The summed E-state index contributed by atoms with van der Waals surface area (Å²) >= 11 is 0. The average molecular weight is 454 g/mol. The van der Waals surface area contributed by atoms with E-state index < -0.39 is 28.4 Å². The molecule has 2 aliphatic rings. The van der Waals surface area contributed by atoms with Gasteiger partial charge in [-0.1, -0.05) is 24.3 Å². The third-order valence-electron chi connectivity index (χ3n) is 5.24. The van der Waals surface area contributed by atoms with E-state index in [9.17, 15) is 17.6 Å². The van der Waals surface area contributed by atoms with Gasteiger partial charge in [0.25, 0.3) is 0 Å². The third-order valence-corrected chi connectivity index (χ3v) is 5.24. The Kier molecular flexibility index (Phi) is 4.05. The predicted octanol–water partition coefficient (Wildman–Crippen LogP) is 6.30. The highest BCUT2D eigenvalue weighted by molar-refractivity contribution is 5.78. The Morgan fingerprint density at radius 2 is 0.636 bits per heavy atom. The molecule has 0 radical (unpaired) electrons. The van der Waals surface area contributed by atoms with Gasteiger partial charge in [0, 0.05) is 0 Å². The second kappa shape index (κ2) is 6.88. The lowest BCUT2D eigenvalue weighted by atomic mass is 10.0. The van der Waals surface area contributed by atoms with E-state index in [4.69, 9.17) is 19.4 Å². The summed E-state index contributed by atoms with van der Waals surface area (Å²) in [6.45, 7) is 0. The van der Waals surface area contributed by atoms with E-state index in [1.54, 1.807) is 0 Å². The molecule has 0 amide bonds. The number of benzene rings is 4.